The fourth-order valence-corrected chi connectivity index (χ4v) is 14.8. The molecule has 0 spiro atoms. The average Bonchev–Trinajstić information content (AvgIpc) is 0.779. The van der Waals surface area contributed by atoms with E-state index in [9.17, 15) is 29.7 Å². The van der Waals surface area contributed by atoms with Crippen LogP contribution in [0.2, 0.25) is 13.1 Å². The van der Waals surface area contributed by atoms with Crippen LogP contribution in [0.25, 0.3) is 27.1 Å². The highest BCUT2D eigenvalue weighted by molar-refractivity contribution is 6.98. The molecule has 0 fully saturated rings. The van der Waals surface area contributed by atoms with Crippen molar-refractivity contribution in [1.82, 2.24) is 15.1 Å². The summed E-state index contributed by atoms with van der Waals surface area (Å²) < 4.78 is 26.4. The molecule has 478 valence electrons. The maximum atomic E-state index is 12.1. The summed E-state index contributed by atoms with van der Waals surface area (Å²) >= 11 is 0. The second-order valence-corrected chi connectivity index (χ2v) is 28.2. The Morgan fingerprint density at radius 1 is 0.611 bits per heavy atom. The van der Waals surface area contributed by atoms with Crippen molar-refractivity contribution in [2.45, 2.75) is 80.8 Å². The summed E-state index contributed by atoms with van der Waals surface area (Å²) in [5, 5.41) is 52.5. The number of ketones is 1. The van der Waals surface area contributed by atoms with Gasteiger partial charge in [-0.2, -0.15) is 0 Å². The molecule has 0 saturated carbocycles. The number of benzene rings is 6. The maximum Gasteiger partial charge on any atom is 0.488 e. The summed E-state index contributed by atoms with van der Waals surface area (Å²) in [7, 11) is 2.76. The van der Waals surface area contributed by atoms with E-state index >= 15 is 0 Å². The van der Waals surface area contributed by atoms with Crippen LogP contribution in [0.5, 0.6) is 0 Å². The van der Waals surface area contributed by atoms with Crippen molar-refractivity contribution in [1.29, 1.82) is 0 Å². The normalized spacial score (nSPS) is 13.2. The van der Waals surface area contributed by atoms with E-state index in [1.54, 1.807) is 26.0 Å². The lowest BCUT2D eigenvalue weighted by molar-refractivity contribution is -0.462. The Kier molecular flexibility index (Phi) is 27.2. The molecule has 1 aliphatic heterocycles. The zero-order valence-electron chi connectivity index (χ0n) is 52.7. The molecule has 6 aromatic carbocycles. The van der Waals surface area contributed by atoms with E-state index in [-0.39, 0.29) is 26.5 Å². The first-order chi connectivity index (χ1) is 42.2. The fourth-order valence-electron chi connectivity index (χ4n) is 11.7. The van der Waals surface area contributed by atoms with Gasteiger partial charge < -0.3 is 49.3 Å². The van der Waals surface area contributed by atoms with Crippen LogP contribution in [0, 0.1) is 0 Å². The van der Waals surface area contributed by atoms with Gasteiger partial charge in [-0.3, -0.25) is 19.4 Å². The highest BCUT2D eigenvalue weighted by Crippen LogP contribution is 2.44. The number of fused-ring (bicyclic) bond motifs is 4. The van der Waals surface area contributed by atoms with Gasteiger partial charge in [-0.25, -0.2) is 4.58 Å². The molecule has 0 radical (unpaired) electrons. The third-order valence-electron chi connectivity index (χ3n) is 16.6. The Hall–Kier alpha value is -6.90. The third-order valence-corrected chi connectivity index (χ3v) is 20.1. The Bertz CT molecular complexity index is 3630. The number of nitrogens with one attached hydrogen (secondary N) is 1. The third kappa shape index (κ3) is 18.2. The number of Topliss-reactive ketones (excluding diaryl/α,β-unsaturated/α-hetero) is 1. The summed E-state index contributed by atoms with van der Waals surface area (Å²) in [6, 6.07) is 37.3. The Labute approximate surface area is 536 Å². The molecular formula is C72H96B2N5O10Si+. The minimum Gasteiger partial charge on any atom is -0.423 e. The van der Waals surface area contributed by atoms with Crippen LogP contribution in [0.4, 0.5) is 5.69 Å². The predicted octanol–water partition coefficient (Wildman–Crippen LogP) is 7.86. The van der Waals surface area contributed by atoms with Crippen LogP contribution in [0.1, 0.15) is 74.9 Å². The summed E-state index contributed by atoms with van der Waals surface area (Å²) in [4.78, 5) is 30.9. The monoisotopic (exact) mass is 1240 g/mol. The Morgan fingerprint density at radius 2 is 1.13 bits per heavy atom. The van der Waals surface area contributed by atoms with Gasteiger partial charge in [0.05, 0.1) is 46.2 Å². The number of hydrogen-bond acceptors (Lipinski definition) is 13. The highest BCUT2D eigenvalue weighted by atomic mass is 28.3. The van der Waals surface area contributed by atoms with Gasteiger partial charge >= 0.3 is 14.2 Å². The van der Waals surface area contributed by atoms with Crippen LogP contribution < -0.4 is 26.3 Å². The van der Waals surface area contributed by atoms with Crippen LogP contribution in [0.3, 0.4) is 0 Å². The minimum atomic E-state index is -2.29. The van der Waals surface area contributed by atoms with Gasteiger partial charge in [0.15, 0.2) is 11.5 Å². The van der Waals surface area contributed by atoms with E-state index in [2.05, 4.69) is 158 Å². The molecule has 8 rings (SSSR count). The Balaban J connectivity index is 0.00000645. The lowest BCUT2D eigenvalue weighted by atomic mass is 9.77. The molecule has 1 aliphatic carbocycles. The number of amides is 1. The molecule has 15 nitrogen and oxygen atoms in total. The quantitative estimate of drug-likeness (QED) is 0.00886. The number of hydrogen-bond donors (Lipinski definition) is 5. The lowest BCUT2D eigenvalue weighted by Crippen LogP contribution is -2.49. The minimum absolute atomic E-state index is 0. The number of rotatable bonds is 33. The Morgan fingerprint density at radius 3 is 1.67 bits per heavy atom. The molecule has 0 bridgehead atoms. The summed E-state index contributed by atoms with van der Waals surface area (Å²) in [5.41, 5.74) is 12.6. The fraction of sp³-hybridized carbons (Fsp3) is 0.375. The number of ether oxygens (including phenoxy) is 4. The van der Waals surface area contributed by atoms with E-state index in [1.807, 2.05) is 36.4 Å². The first kappa shape index (κ1) is 72.2. The van der Waals surface area contributed by atoms with Crippen molar-refractivity contribution < 1.29 is 53.2 Å². The number of carbonyl (C=O) groups excluding carboxylic acids is 2. The standard InChI is InChI=1S/C70H87B2N5O10Si.2CH4/c1-49(2)66(78)24-17-34-84-38-40-86-36-32-76(45-52-18-11-15-22-64(52)71(80)81)47-62-56-20-13-14-21-57(56)63(48-77(46-53-19-12-16-23-65(53)72(82)83)33-37-87-41-39-85-35-31-73-70(79)50(3)4)61-42-51(25-28-58(61)62)69-59-29-26-54(74(5)6)43-67(59)88(9,10)68-44-55(75(7)8)27-30-60(68)69;;/h11-16,18-23,25-30,42-44,80-83H,1,3,17,24,31-41,45-48H2,2,4-10H3;2*1H4/p+1. The first-order valence-electron chi connectivity index (χ1n) is 30.5. The van der Waals surface area contributed by atoms with Crippen LogP contribution in [-0.2, 0) is 54.7 Å². The summed E-state index contributed by atoms with van der Waals surface area (Å²) in [6.45, 7) is 21.8. The predicted molar refractivity (Wildman–Crippen MR) is 374 cm³/mol. The van der Waals surface area contributed by atoms with Gasteiger partial charge in [0, 0.05) is 96.3 Å². The SMILES string of the molecule is C.C.C=C(C)C(=O)CCCOCCOCCN(Cc1ccccc1B(O)O)Cc1c2ccccc2c(CN(CCOCCOCCNC(=O)C(=C)C)Cc2ccccc2B(O)O)c2cc(C3=C4C=CC(=[N+](C)C)C=C4[Si](C)(C)c4cc(N(C)C)ccc43)ccc12. The molecule has 1 amide bonds. The number of allylic oxidation sites excluding steroid dienone is 6. The van der Waals surface area contributed by atoms with Crippen molar-refractivity contribution in [2.75, 3.05) is 106 Å². The van der Waals surface area contributed by atoms with Crippen molar-refractivity contribution >= 4 is 88.6 Å². The number of nitrogens with zero attached hydrogens (tertiary/aromatic N) is 4. The van der Waals surface area contributed by atoms with Crippen molar-refractivity contribution in [3.05, 3.63) is 196 Å². The highest BCUT2D eigenvalue weighted by Gasteiger charge is 2.41. The van der Waals surface area contributed by atoms with Crippen LogP contribution in [0.15, 0.2) is 162 Å². The first-order valence-corrected chi connectivity index (χ1v) is 33.5. The molecule has 6 aromatic rings. The zero-order chi connectivity index (χ0) is 63.1. The second-order valence-electron chi connectivity index (χ2n) is 23.9. The summed E-state index contributed by atoms with van der Waals surface area (Å²) in [5.74, 6) is -0.169. The van der Waals surface area contributed by atoms with Gasteiger partial charge in [0.2, 0.25) is 5.91 Å². The number of carbonyl (C=O) groups is 2. The molecule has 0 unspecified atom stereocenters. The second kappa shape index (κ2) is 34.0. The smallest absolute Gasteiger partial charge is 0.423 e. The largest absolute Gasteiger partial charge is 0.488 e. The van der Waals surface area contributed by atoms with Crippen molar-refractivity contribution in [2.24, 2.45) is 0 Å². The summed E-state index contributed by atoms with van der Waals surface area (Å²) in [6.07, 6.45) is 7.95. The van der Waals surface area contributed by atoms with Crippen molar-refractivity contribution in [3.63, 3.8) is 0 Å². The molecular weight excluding hydrogens is 1140 g/mol. The maximum absolute atomic E-state index is 12.1. The molecule has 0 atom stereocenters. The van der Waals surface area contributed by atoms with Crippen LogP contribution >= 0.6 is 0 Å². The molecule has 1 heterocycles. The van der Waals surface area contributed by atoms with Crippen LogP contribution in [-0.4, -0.2) is 175 Å². The van der Waals surface area contributed by atoms with E-state index in [1.165, 1.54) is 27.1 Å². The van der Waals surface area contributed by atoms with E-state index < -0.39 is 22.3 Å². The van der Waals surface area contributed by atoms with Crippen molar-refractivity contribution in [3.8, 4) is 0 Å². The van der Waals surface area contributed by atoms with Gasteiger partial charge in [0.1, 0.15) is 22.2 Å². The topological polar surface area (TPSA) is 177 Å². The van der Waals surface area contributed by atoms with E-state index in [0.29, 0.717) is 134 Å². The molecule has 2 aliphatic rings. The van der Waals surface area contributed by atoms with Gasteiger partial charge in [-0.15, -0.1) is 0 Å². The molecule has 18 heteroatoms. The average molecular weight is 1240 g/mol. The molecule has 90 heavy (non-hydrogen) atoms. The van der Waals surface area contributed by atoms with E-state index in [4.69, 9.17) is 18.9 Å². The van der Waals surface area contributed by atoms with E-state index in [0.717, 1.165) is 60.8 Å². The van der Waals surface area contributed by atoms with Gasteiger partial charge in [-0.1, -0.05) is 132 Å². The molecule has 5 N–H and O–H groups in total. The zero-order valence-corrected chi connectivity index (χ0v) is 53.7. The molecule has 0 aromatic heterocycles. The molecule has 0 saturated heterocycles. The van der Waals surface area contributed by atoms with Gasteiger partial charge in [0.25, 0.3) is 0 Å². The lowest BCUT2D eigenvalue weighted by Gasteiger charge is -2.38. The van der Waals surface area contributed by atoms with Gasteiger partial charge in [-0.05, 0) is 137 Å². The number of anilines is 1.